The number of furan rings is 1. The third kappa shape index (κ3) is 3.48. The van der Waals surface area contributed by atoms with E-state index in [9.17, 15) is 9.59 Å². The number of carbonyl (C=O) groups is 1. The average molecular weight is 338 g/mol. The Hall–Kier alpha value is -2.05. The third-order valence-electron chi connectivity index (χ3n) is 4.24. The van der Waals surface area contributed by atoms with Gasteiger partial charge >= 0.3 is 0 Å². The Bertz CT molecular complexity index is 737. The summed E-state index contributed by atoms with van der Waals surface area (Å²) in [5, 5.41) is 2.91. The van der Waals surface area contributed by atoms with Crippen molar-refractivity contribution in [2.24, 2.45) is 11.7 Å². The van der Waals surface area contributed by atoms with Crippen molar-refractivity contribution < 1.29 is 9.21 Å². The van der Waals surface area contributed by atoms with Crippen LogP contribution in [0.3, 0.4) is 0 Å². The minimum Gasteiger partial charge on any atom is -0.463 e. The van der Waals surface area contributed by atoms with Crippen molar-refractivity contribution in [3.63, 3.8) is 0 Å². The van der Waals surface area contributed by atoms with E-state index in [2.05, 4.69) is 10.3 Å². The first-order chi connectivity index (χ1) is 10.5. The maximum atomic E-state index is 12.4. The molecule has 0 saturated heterocycles. The zero-order chi connectivity index (χ0) is 15.7. The molecular formula is C16H20ClN3O3. The second-order valence-electron chi connectivity index (χ2n) is 5.94. The van der Waals surface area contributed by atoms with Crippen molar-refractivity contribution in [2.75, 3.05) is 6.54 Å². The molecule has 2 heterocycles. The van der Waals surface area contributed by atoms with Gasteiger partial charge in [0.2, 0.25) is 0 Å². The molecule has 2 aromatic heterocycles. The molecule has 1 fully saturated rings. The molecule has 3 rings (SSSR count). The Morgan fingerprint density at radius 1 is 1.43 bits per heavy atom. The van der Waals surface area contributed by atoms with Crippen LogP contribution in [0.25, 0.3) is 11.5 Å². The van der Waals surface area contributed by atoms with Crippen LogP contribution in [0.5, 0.6) is 0 Å². The molecule has 6 nitrogen and oxygen atoms in total. The van der Waals surface area contributed by atoms with Crippen molar-refractivity contribution >= 4 is 18.3 Å². The van der Waals surface area contributed by atoms with Crippen molar-refractivity contribution in [3.8, 4) is 11.5 Å². The van der Waals surface area contributed by atoms with Crippen molar-refractivity contribution in [2.45, 2.75) is 25.3 Å². The zero-order valence-corrected chi connectivity index (χ0v) is 13.6. The van der Waals surface area contributed by atoms with Gasteiger partial charge in [-0.05, 0) is 49.9 Å². The number of H-pyrrole nitrogens is 1. The Kier molecular flexibility index (Phi) is 4.97. The largest absolute Gasteiger partial charge is 0.463 e. The van der Waals surface area contributed by atoms with E-state index in [0.29, 0.717) is 23.9 Å². The van der Waals surface area contributed by atoms with Crippen LogP contribution in [-0.2, 0) is 0 Å². The molecule has 1 saturated carbocycles. The van der Waals surface area contributed by atoms with Crippen molar-refractivity contribution in [3.05, 3.63) is 46.4 Å². The van der Waals surface area contributed by atoms with Gasteiger partial charge in [-0.2, -0.15) is 0 Å². The molecule has 1 atom stereocenters. The van der Waals surface area contributed by atoms with Gasteiger partial charge in [-0.15, -0.1) is 12.4 Å². The third-order valence-corrected chi connectivity index (χ3v) is 4.24. The van der Waals surface area contributed by atoms with Crippen LogP contribution >= 0.6 is 12.4 Å². The molecule has 0 aromatic carbocycles. The lowest BCUT2D eigenvalue weighted by molar-refractivity contribution is 0.0896. The fourth-order valence-corrected chi connectivity index (χ4v) is 2.59. The molecule has 0 radical (unpaired) electrons. The van der Waals surface area contributed by atoms with Gasteiger partial charge in [0, 0.05) is 6.54 Å². The molecule has 1 amide bonds. The summed E-state index contributed by atoms with van der Waals surface area (Å²) in [6, 6.07) is 6.64. The molecular weight excluding hydrogens is 318 g/mol. The van der Waals surface area contributed by atoms with Crippen LogP contribution in [0.4, 0.5) is 0 Å². The van der Waals surface area contributed by atoms with E-state index in [1.807, 2.05) is 6.92 Å². The van der Waals surface area contributed by atoms with Gasteiger partial charge in [-0.25, -0.2) is 0 Å². The first-order valence-corrected chi connectivity index (χ1v) is 7.33. The molecule has 0 bridgehead atoms. The van der Waals surface area contributed by atoms with E-state index in [1.54, 1.807) is 18.2 Å². The van der Waals surface area contributed by atoms with Crippen LogP contribution in [0.1, 0.15) is 30.1 Å². The summed E-state index contributed by atoms with van der Waals surface area (Å²) in [7, 11) is 0. The number of amides is 1. The molecule has 4 N–H and O–H groups in total. The second kappa shape index (κ2) is 6.60. The van der Waals surface area contributed by atoms with Gasteiger partial charge < -0.3 is 20.5 Å². The lowest BCUT2D eigenvalue weighted by atomic mass is 9.95. The molecule has 0 spiro atoms. The summed E-state index contributed by atoms with van der Waals surface area (Å²) < 4.78 is 5.23. The number of pyridine rings is 1. The van der Waals surface area contributed by atoms with E-state index < -0.39 is 17.0 Å². The van der Waals surface area contributed by atoms with Gasteiger partial charge in [0.1, 0.15) is 11.3 Å². The van der Waals surface area contributed by atoms with Crippen LogP contribution < -0.4 is 16.6 Å². The molecule has 1 aliphatic rings. The molecule has 124 valence electrons. The number of hydrogen-bond acceptors (Lipinski definition) is 4. The highest BCUT2D eigenvalue weighted by molar-refractivity contribution is 5.94. The van der Waals surface area contributed by atoms with Crippen LogP contribution in [-0.4, -0.2) is 23.0 Å². The van der Waals surface area contributed by atoms with Crippen LogP contribution in [0.15, 0.2) is 39.7 Å². The number of aromatic nitrogens is 1. The summed E-state index contributed by atoms with van der Waals surface area (Å²) >= 11 is 0. The SMILES string of the molecule is CC(CN)(NC(=O)c1ccc(-c2ccco2)[nH]c1=O)C1CC1.Cl. The number of rotatable bonds is 5. The Morgan fingerprint density at radius 2 is 2.17 bits per heavy atom. The second-order valence-corrected chi connectivity index (χ2v) is 5.94. The number of halogens is 1. The normalized spacial score (nSPS) is 16.3. The zero-order valence-electron chi connectivity index (χ0n) is 12.8. The first kappa shape index (κ1) is 17.3. The van der Waals surface area contributed by atoms with Gasteiger partial charge in [0.15, 0.2) is 0 Å². The quantitative estimate of drug-likeness (QED) is 0.775. The Balaban J connectivity index is 0.00000192. The topological polar surface area (TPSA) is 101 Å². The van der Waals surface area contributed by atoms with Gasteiger partial charge in [0.05, 0.1) is 17.5 Å². The molecule has 1 aliphatic carbocycles. The fraction of sp³-hybridized carbons (Fsp3) is 0.375. The molecule has 7 heteroatoms. The molecule has 23 heavy (non-hydrogen) atoms. The van der Waals surface area contributed by atoms with E-state index in [4.69, 9.17) is 10.2 Å². The predicted octanol–water partition coefficient (Wildman–Crippen LogP) is 1.91. The summed E-state index contributed by atoms with van der Waals surface area (Å²) in [5.74, 6) is 0.545. The fourth-order valence-electron chi connectivity index (χ4n) is 2.59. The maximum Gasteiger partial charge on any atom is 0.261 e. The molecule has 1 unspecified atom stereocenters. The van der Waals surface area contributed by atoms with E-state index >= 15 is 0 Å². The number of nitrogens with one attached hydrogen (secondary N) is 2. The minimum atomic E-state index is -0.455. The van der Waals surface area contributed by atoms with Gasteiger partial charge in [0.25, 0.3) is 11.5 Å². The number of carbonyl (C=O) groups excluding carboxylic acids is 1. The predicted molar refractivity (Wildman–Crippen MR) is 89.7 cm³/mol. The molecule has 2 aromatic rings. The summed E-state index contributed by atoms with van der Waals surface area (Å²) in [5.41, 5.74) is 5.51. The lowest BCUT2D eigenvalue weighted by Gasteiger charge is -2.29. The van der Waals surface area contributed by atoms with E-state index in [-0.39, 0.29) is 18.0 Å². The van der Waals surface area contributed by atoms with Crippen molar-refractivity contribution in [1.29, 1.82) is 0 Å². The summed E-state index contributed by atoms with van der Waals surface area (Å²) in [4.78, 5) is 27.2. The summed E-state index contributed by atoms with van der Waals surface area (Å²) in [6.07, 6.45) is 3.64. The first-order valence-electron chi connectivity index (χ1n) is 7.33. The smallest absolute Gasteiger partial charge is 0.261 e. The Morgan fingerprint density at radius 3 is 2.70 bits per heavy atom. The Labute approximate surface area is 139 Å². The molecule has 0 aliphatic heterocycles. The lowest BCUT2D eigenvalue weighted by Crippen LogP contribution is -2.53. The van der Waals surface area contributed by atoms with Crippen molar-refractivity contribution in [1.82, 2.24) is 10.3 Å². The van der Waals surface area contributed by atoms with Crippen LogP contribution in [0, 0.1) is 5.92 Å². The highest BCUT2D eigenvalue weighted by Gasteiger charge is 2.41. The summed E-state index contributed by atoms with van der Waals surface area (Å²) in [6.45, 7) is 2.28. The van der Waals surface area contributed by atoms with Crippen LogP contribution in [0.2, 0.25) is 0 Å². The highest BCUT2D eigenvalue weighted by Crippen LogP contribution is 2.39. The number of aromatic amines is 1. The van der Waals surface area contributed by atoms with Gasteiger partial charge in [-0.3, -0.25) is 9.59 Å². The number of nitrogens with two attached hydrogens (primary N) is 1. The monoisotopic (exact) mass is 337 g/mol. The van der Waals surface area contributed by atoms with E-state index in [0.717, 1.165) is 12.8 Å². The highest BCUT2D eigenvalue weighted by atomic mass is 35.5. The average Bonchev–Trinajstić information content (AvgIpc) is 3.23. The minimum absolute atomic E-state index is 0. The maximum absolute atomic E-state index is 12.4. The van der Waals surface area contributed by atoms with E-state index in [1.165, 1.54) is 12.3 Å². The standard InChI is InChI=1S/C16H19N3O3.ClH/c1-16(9-17,10-4-5-10)19-15(21)11-6-7-12(18-14(11)20)13-3-2-8-22-13;/h2-3,6-8,10H,4-5,9,17H2,1H3,(H,18,20)(H,19,21);1H. The van der Waals surface area contributed by atoms with Gasteiger partial charge in [-0.1, -0.05) is 0 Å². The number of hydrogen-bond donors (Lipinski definition) is 3.